The highest BCUT2D eigenvalue weighted by molar-refractivity contribution is 8.18. The van der Waals surface area contributed by atoms with E-state index in [4.69, 9.17) is 9.84 Å². The van der Waals surface area contributed by atoms with Gasteiger partial charge in [-0.05, 0) is 62.0 Å². The van der Waals surface area contributed by atoms with Crippen molar-refractivity contribution in [3.05, 3.63) is 58.5 Å². The summed E-state index contributed by atoms with van der Waals surface area (Å²) in [5, 5.41) is 19.9. The fourth-order valence-corrected chi connectivity index (χ4v) is 3.78. The Balaban J connectivity index is 1.92. The standard InChI is InChI=1S/C21H20N2O5S/c1-3-23-19(25)17(12-14-6-5-7-16(18(14)24)28-4-2)29-21(23)22-15-10-8-13(9-11-15)20(26)27/h5-12,24H,3-4H2,1-2H3,(H,26,27)/b17-12-,22-21?. The van der Waals surface area contributed by atoms with E-state index in [2.05, 4.69) is 4.99 Å². The lowest BCUT2D eigenvalue weighted by Gasteiger charge is -2.12. The Morgan fingerprint density at radius 3 is 2.55 bits per heavy atom. The van der Waals surface area contributed by atoms with E-state index in [0.717, 1.165) is 0 Å². The fourth-order valence-electron chi connectivity index (χ4n) is 2.73. The zero-order valence-corrected chi connectivity index (χ0v) is 16.8. The van der Waals surface area contributed by atoms with Crippen LogP contribution in [0.1, 0.15) is 29.8 Å². The minimum atomic E-state index is -1.01. The highest BCUT2D eigenvalue weighted by Gasteiger charge is 2.32. The molecule has 1 aliphatic heterocycles. The number of ether oxygens (including phenoxy) is 1. The van der Waals surface area contributed by atoms with Crippen LogP contribution in [0.2, 0.25) is 0 Å². The molecule has 2 aromatic rings. The minimum absolute atomic E-state index is 0.0204. The maximum Gasteiger partial charge on any atom is 0.335 e. The number of carbonyl (C=O) groups is 2. The number of hydrogen-bond acceptors (Lipinski definition) is 6. The van der Waals surface area contributed by atoms with Crippen LogP contribution in [0, 0.1) is 0 Å². The molecule has 1 amide bonds. The Bertz CT molecular complexity index is 999. The smallest absolute Gasteiger partial charge is 0.335 e. The van der Waals surface area contributed by atoms with Crippen LogP contribution in [-0.2, 0) is 4.79 Å². The molecule has 150 valence electrons. The summed E-state index contributed by atoms with van der Waals surface area (Å²) in [5.74, 6) is -0.881. The van der Waals surface area contributed by atoms with Gasteiger partial charge in [-0.15, -0.1) is 0 Å². The number of aliphatic imine (C=N–C) groups is 1. The number of phenols is 1. The molecular weight excluding hydrogens is 392 g/mol. The molecule has 1 aliphatic rings. The van der Waals surface area contributed by atoms with E-state index < -0.39 is 5.97 Å². The third-order valence-corrected chi connectivity index (χ3v) is 5.17. The first-order valence-corrected chi connectivity index (χ1v) is 9.84. The molecule has 2 N–H and O–H groups in total. The van der Waals surface area contributed by atoms with Crippen molar-refractivity contribution in [3.8, 4) is 11.5 Å². The number of amidine groups is 1. The number of rotatable bonds is 6. The molecule has 2 aromatic carbocycles. The van der Waals surface area contributed by atoms with Crippen LogP contribution < -0.4 is 4.74 Å². The Hall–Kier alpha value is -3.26. The van der Waals surface area contributed by atoms with E-state index >= 15 is 0 Å². The second kappa shape index (κ2) is 8.83. The Labute approximate surface area is 172 Å². The Kier molecular flexibility index (Phi) is 6.23. The number of likely N-dealkylation sites (N-methyl/N-ethyl adjacent to an activating group) is 1. The van der Waals surface area contributed by atoms with E-state index in [1.54, 1.807) is 36.4 Å². The zero-order valence-electron chi connectivity index (χ0n) is 16.0. The topological polar surface area (TPSA) is 99.4 Å². The minimum Gasteiger partial charge on any atom is -0.504 e. The molecule has 1 heterocycles. The van der Waals surface area contributed by atoms with Crippen LogP contribution in [0.3, 0.4) is 0 Å². The lowest BCUT2D eigenvalue weighted by Crippen LogP contribution is -2.28. The summed E-state index contributed by atoms with van der Waals surface area (Å²) in [5.41, 5.74) is 1.20. The molecular formula is C21H20N2O5S. The van der Waals surface area contributed by atoms with Crippen molar-refractivity contribution < 1.29 is 24.5 Å². The van der Waals surface area contributed by atoms with E-state index in [1.807, 2.05) is 13.8 Å². The highest BCUT2D eigenvalue weighted by Crippen LogP contribution is 2.37. The van der Waals surface area contributed by atoms with Crippen molar-refractivity contribution in [1.29, 1.82) is 0 Å². The van der Waals surface area contributed by atoms with Gasteiger partial charge in [0.1, 0.15) is 0 Å². The number of carboxylic acids is 1. The molecule has 0 aliphatic carbocycles. The van der Waals surface area contributed by atoms with Gasteiger partial charge in [-0.2, -0.15) is 0 Å². The second-order valence-corrected chi connectivity index (χ2v) is 7.04. The van der Waals surface area contributed by atoms with E-state index in [1.165, 1.54) is 28.8 Å². The summed E-state index contributed by atoms with van der Waals surface area (Å²) < 4.78 is 5.39. The number of aromatic hydroxyl groups is 1. The number of thioether (sulfide) groups is 1. The van der Waals surface area contributed by atoms with Crippen molar-refractivity contribution in [3.63, 3.8) is 0 Å². The number of amides is 1. The molecule has 3 rings (SSSR count). The second-order valence-electron chi connectivity index (χ2n) is 6.03. The number of para-hydroxylation sites is 1. The SMILES string of the molecule is CCOc1cccc(/C=C2\SC(=Nc3ccc(C(=O)O)cc3)N(CC)C2=O)c1O. The van der Waals surface area contributed by atoms with E-state index in [-0.39, 0.29) is 17.2 Å². The molecule has 0 bridgehead atoms. The largest absolute Gasteiger partial charge is 0.504 e. The monoisotopic (exact) mass is 412 g/mol. The molecule has 1 saturated heterocycles. The first-order chi connectivity index (χ1) is 13.9. The van der Waals surface area contributed by atoms with Crippen molar-refractivity contribution in [2.24, 2.45) is 4.99 Å². The highest BCUT2D eigenvalue weighted by atomic mass is 32.2. The summed E-state index contributed by atoms with van der Waals surface area (Å²) in [4.78, 5) is 30.2. The number of carboxylic acid groups (broad SMARTS) is 1. The predicted molar refractivity (Wildman–Crippen MR) is 113 cm³/mol. The molecule has 0 saturated carbocycles. The van der Waals surface area contributed by atoms with Crippen LogP contribution >= 0.6 is 11.8 Å². The molecule has 0 atom stereocenters. The lowest BCUT2D eigenvalue weighted by molar-refractivity contribution is -0.122. The molecule has 8 heteroatoms. The van der Waals surface area contributed by atoms with Gasteiger partial charge in [-0.3, -0.25) is 9.69 Å². The van der Waals surface area contributed by atoms with Gasteiger partial charge in [0.15, 0.2) is 16.7 Å². The van der Waals surface area contributed by atoms with Crippen LogP contribution in [0.4, 0.5) is 5.69 Å². The third-order valence-electron chi connectivity index (χ3n) is 4.16. The third kappa shape index (κ3) is 4.43. The predicted octanol–water partition coefficient (Wildman–Crippen LogP) is 4.11. The normalized spacial score (nSPS) is 16.6. The van der Waals surface area contributed by atoms with E-state index in [0.29, 0.717) is 40.2 Å². The van der Waals surface area contributed by atoms with Gasteiger partial charge >= 0.3 is 5.97 Å². The zero-order chi connectivity index (χ0) is 21.0. The van der Waals surface area contributed by atoms with Gasteiger partial charge in [0.25, 0.3) is 5.91 Å². The number of aromatic carboxylic acids is 1. The molecule has 0 aromatic heterocycles. The summed E-state index contributed by atoms with van der Waals surface area (Å²) in [6.45, 7) is 4.52. The van der Waals surface area contributed by atoms with Gasteiger partial charge < -0.3 is 14.9 Å². The molecule has 29 heavy (non-hydrogen) atoms. The number of phenolic OH excluding ortho intramolecular Hbond substituents is 1. The van der Waals surface area contributed by atoms with Gasteiger partial charge in [-0.1, -0.05) is 12.1 Å². The molecule has 0 unspecified atom stereocenters. The maximum atomic E-state index is 12.8. The molecule has 1 fully saturated rings. The summed E-state index contributed by atoms with van der Waals surface area (Å²) in [7, 11) is 0. The van der Waals surface area contributed by atoms with Gasteiger partial charge in [-0.25, -0.2) is 9.79 Å². The number of carbonyl (C=O) groups excluding carboxylic acids is 1. The fraction of sp³-hybridized carbons (Fsp3) is 0.190. The Morgan fingerprint density at radius 1 is 1.21 bits per heavy atom. The maximum absolute atomic E-state index is 12.8. The number of nitrogens with zero attached hydrogens (tertiary/aromatic N) is 2. The molecule has 0 radical (unpaired) electrons. The summed E-state index contributed by atoms with van der Waals surface area (Å²) in [6.07, 6.45) is 1.61. The van der Waals surface area contributed by atoms with E-state index in [9.17, 15) is 14.7 Å². The van der Waals surface area contributed by atoms with Crippen molar-refractivity contribution >= 4 is 40.6 Å². The Morgan fingerprint density at radius 2 is 1.93 bits per heavy atom. The van der Waals surface area contributed by atoms with Crippen molar-refractivity contribution in [2.75, 3.05) is 13.2 Å². The number of benzene rings is 2. The van der Waals surface area contributed by atoms with Crippen LogP contribution in [0.15, 0.2) is 52.4 Å². The molecule has 7 nitrogen and oxygen atoms in total. The average molecular weight is 412 g/mol. The summed E-state index contributed by atoms with van der Waals surface area (Å²) >= 11 is 1.20. The van der Waals surface area contributed by atoms with Gasteiger partial charge in [0.2, 0.25) is 0 Å². The lowest BCUT2D eigenvalue weighted by atomic mass is 10.1. The molecule has 0 spiro atoms. The quantitative estimate of drug-likeness (QED) is 0.693. The first kappa shape index (κ1) is 20.5. The average Bonchev–Trinajstić information content (AvgIpc) is 2.99. The summed E-state index contributed by atoms with van der Waals surface area (Å²) in [6, 6.07) is 11.2. The van der Waals surface area contributed by atoms with Crippen molar-refractivity contribution in [2.45, 2.75) is 13.8 Å². The van der Waals surface area contributed by atoms with Crippen molar-refractivity contribution in [1.82, 2.24) is 4.90 Å². The van der Waals surface area contributed by atoms with Crippen LogP contribution in [-0.4, -0.2) is 45.3 Å². The van der Waals surface area contributed by atoms with Gasteiger partial charge in [0.05, 0.1) is 22.8 Å². The van der Waals surface area contributed by atoms with Gasteiger partial charge in [0, 0.05) is 12.1 Å². The van der Waals surface area contributed by atoms with Crippen LogP contribution in [0.5, 0.6) is 11.5 Å². The first-order valence-electron chi connectivity index (χ1n) is 9.02. The number of hydrogen-bond donors (Lipinski definition) is 2. The van der Waals surface area contributed by atoms with Crippen LogP contribution in [0.25, 0.3) is 6.08 Å².